The molecule has 0 bridgehead atoms. The maximum Gasteiger partial charge on any atom is 0.337 e. The van der Waals surface area contributed by atoms with E-state index in [9.17, 15) is 9.59 Å². The van der Waals surface area contributed by atoms with Gasteiger partial charge in [0, 0.05) is 6.42 Å². The minimum Gasteiger partial charge on any atom is -0.478 e. The van der Waals surface area contributed by atoms with Crippen LogP contribution >= 0.6 is 0 Å². The van der Waals surface area contributed by atoms with E-state index in [1.165, 1.54) is 57.4 Å². The fraction of sp³-hybridized carbons (Fsp3) is 0.600. The van der Waals surface area contributed by atoms with Crippen molar-refractivity contribution in [3.05, 3.63) is 29.8 Å². The van der Waals surface area contributed by atoms with Crippen molar-refractivity contribution in [2.75, 3.05) is 5.32 Å². The van der Waals surface area contributed by atoms with Crippen molar-refractivity contribution in [3.8, 4) is 0 Å². The number of hydrogen-bond acceptors (Lipinski definition) is 2. The molecule has 0 saturated carbocycles. The van der Waals surface area contributed by atoms with Crippen LogP contribution in [0.2, 0.25) is 0 Å². The Balaban J connectivity index is 2.10. The fourth-order valence-electron chi connectivity index (χ4n) is 2.76. The Kier molecular flexibility index (Phi) is 10.6. The number of carboxylic acids is 1. The summed E-state index contributed by atoms with van der Waals surface area (Å²) in [6.07, 6.45) is 12.7. The summed E-state index contributed by atoms with van der Waals surface area (Å²) in [4.78, 5) is 23.0. The van der Waals surface area contributed by atoms with Gasteiger partial charge in [-0.25, -0.2) is 4.79 Å². The van der Waals surface area contributed by atoms with Gasteiger partial charge in [-0.1, -0.05) is 76.8 Å². The van der Waals surface area contributed by atoms with Gasteiger partial charge in [0.1, 0.15) is 0 Å². The third kappa shape index (κ3) is 8.70. The van der Waals surface area contributed by atoms with E-state index in [-0.39, 0.29) is 11.5 Å². The summed E-state index contributed by atoms with van der Waals surface area (Å²) in [5, 5.41) is 11.8. The van der Waals surface area contributed by atoms with E-state index < -0.39 is 5.97 Å². The highest BCUT2D eigenvalue weighted by Gasteiger charge is 2.11. The summed E-state index contributed by atoms with van der Waals surface area (Å²) in [5.41, 5.74) is 0.510. The number of carboxylic acid groups (broad SMARTS) is 1. The predicted octanol–water partition coefficient (Wildman–Crippen LogP) is 5.63. The Bertz CT molecular complexity index is 499. The monoisotopic (exact) mass is 333 g/mol. The topological polar surface area (TPSA) is 66.4 Å². The number of amides is 1. The SMILES string of the molecule is CCCCCCCCCCCCC(=O)Nc1ccccc1C(=O)O. The van der Waals surface area contributed by atoms with Gasteiger partial charge in [-0.3, -0.25) is 4.79 Å². The minimum atomic E-state index is -1.02. The molecule has 0 aromatic heterocycles. The molecule has 2 N–H and O–H groups in total. The Morgan fingerprint density at radius 3 is 2.00 bits per heavy atom. The van der Waals surface area contributed by atoms with Crippen LogP contribution < -0.4 is 5.32 Å². The Labute approximate surface area is 145 Å². The van der Waals surface area contributed by atoms with E-state index in [1.807, 2.05) is 0 Å². The molecule has 0 unspecified atom stereocenters. The molecule has 1 amide bonds. The molecule has 0 fully saturated rings. The number of unbranched alkanes of at least 4 members (excludes halogenated alkanes) is 9. The molecule has 0 spiro atoms. The third-order valence-electron chi connectivity index (χ3n) is 4.19. The van der Waals surface area contributed by atoms with Gasteiger partial charge in [-0.2, -0.15) is 0 Å². The van der Waals surface area contributed by atoms with E-state index in [0.717, 1.165) is 12.8 Å². The molecule has 134 valence electrons. The first-order valence-electron chi connectivity index (χ1n) is 9.27. The zero-order chi connectivity index (χ0) is 17.6. The van der Waals surface area contributed by atoms with E-state index in [2.05, 4.69) is 12.2 Å². The van der Waals surface area contributed by atoms with Crippen LogP contribution in [0.5, 0.6) is 0 Å². The highest BCUT2D eigenvalue weighted by molar-refractivity contribution is 6.00. The van der Waals surface area contributed by atoms with Gasteiger partial charge in [0.25, 0.3) is 0 Å². The molecule has 0 aliphatic rings. The van der Waals surface area contributed by atoms with E-state index >= 15 is 0 Å². The summed E-state index contributed by atoms with van der Waals surface area (Å²) in [6.45, 7) is 2.23. The average Bonchev–Trinajstić information content (AvgIpc) is 2.57. The quantitative estimate of drug-likeness (QED) is 0.459. The van der Waals surface area contributed by atoms with Crippen LogP contribution in [0.3, 0.4) is 0 Å². The molecule has 0 saturated heterocycles. The Hall–Kier alpha value is -1.84. The van der Waals surface area contributed by atoms with E-state index in [0.29, 0.717) is 12.1 Å². The molecule has 1 aromatic rings. The second-order valence-electron chi connectivity index (χ2n) is 6.33. The fourth-order valence-corrected chi connectivity index (χ4v) is 2.76. The second kappa shape index (κ2) is 12.6. The Morgan fingerprint density at radius 1 is 0.875 bits per heavy atom. The van der Waals surface area contributed by atoms with Crippen molar-refractivity contribution >= 4 is 17.6 Å². The summed E-state index contributed by atoms with van der Waals surface area (Å²) >= 11 is 0. The second-order valence-corrected chi connectivity index (χ2v) is 6.33. The van der Waals surface area contributed by atoms with E-state index in [1.54, 1.807) is 18.2 Å². The number of rotatable bonds is 13. The molecule has 24 heavy (non-hydrogen) atoms. The molecule has 0 atom stereocenters. The first kappa shape index (κ1) is 20.2. The van der Waals surface area contributed by atoms with Gasteiger partial charge in [0.2, 0.25) is 5.91 Å². The lowest BCUT2D eigenvalue weighted by molar-refractivity contribution is -0.116. The predicted molar refractivity (Wildman–Crippen MR) is 98.5 cm³/mol. The van der Waals surface area contributed by atoms with Gasteiger partial charge in [-0.05, 0) is 18.6 Å². The first-order chi connectivity index (χ1) is 11.6. The molecule has 0 aliphatic carbocycles. The number of para-hydroxylation sites is 1. The largest absolute Gasteiger partial charge is 0.478 e. The molecular formula is C20H31NO3. The third-order valence-corrected chi connectivity index (χ3v) is 4.19. The highest BCUT2D eigenvalue weighted by atomic mass is 16.4. The summed E-state index contributed by atoms with van der Waals surface area (Å²) in [5.74, 6) is -1.13. The Morgan fingerprint density at radius 2 is 1.42 bits per heavy atom. The smallest absolute Gasteiger partial charge is 0.337 e. The molecule has 4 heteroatoms. The van der Waals surface area contributed by atoms with Crippen molar-refractivity contribution in [2.45, 2.75) is 77.6 Å². The number of anilines is 1. The van der Waals surface area contributed by atoms with Crippen molar-refractivity contribution in [2.24, 2.45) is 0 Å². The van der Waals surface area contributed by atoms with Crippen LogP contribution in [0.15, 0.2) is 24.3 Å². The van der Waals surface area contributed by atoms with Gasteiger partial charge < -0.3 is 10.4 Å². The molecule has 0 radical (unpaired) electrons. The van der Waals surface area contributed by atoms with Crippen LogP contribution in [0, 0.1) is 0 Å². The normalized spacial score (nSPS) is 10.5. The molecule has 1 rings (SSSR count). The summed E-state index contributed by atoms with van der Waals surface area (Å²) in [7, 11) is 0. The molecule has 0 aliphatic heterocycles. The zero-order valence-electron chi connectivity index (χ0n) is 14.9. The van der Waals surface area contributed by atoms with Crippen molar-refractivity contribution in [1.29, 1.82) is 0 Å². The average molecular weight is 333 g/mol. The first-order valence-corrected chi connectivity index (χ1v) is 9.27. The van der Waals surface area contributed by atoms with Gasteiger partial charge >= 0.3 is 5.97 Å². The van der Waals surface area contributed by atoms with E-state index in [4.69, 9.17) is 5.11 Å². The summed E-state index contributed by atoms with van der Waals surface area (Å²) in [6, 6.07) is 6.50. The van der Waals surface area contributed by atoms with Crippen molar-refractivity contribution < 1.29 is 14.7 Å². The highest BCUT2D eigenvalue weighted by Crippen LogP contribution is 2.16. The number of nitrogens with one attached hydrogen (secondary N) is 1. The number of aromatic carboxylic acids is 1. The lowest BCUT2D eigenvalue weighted by Gasteiger charge is -2.08. The minimum absolute atomic E-state index is 0.108. The van der Waals surface area contributed by atoms with Crippen LogP contribution in [0.25, 0.3) is 0 Å². The van der Waals surface area contributed by atoms with Crippen LogP contribution in [-0.4, -0.2) is 17.0 Å². The number of carbonyl (C=O) groups is 2. The van der Waals surface area contributed by atoms with Gasteiger partial charge in [0.15, 0.2) is 0 Å². The maximum absolute atomic E-state index is 11.9. The standard InChI is InChI=1S/C20H31NO3/c1-2-3-4-5-6-7-8-9-10-11-16-19(22)21-18-15-13-12-14-17(18)20(23)24/h12-15H,2-11,16H2,1H3,(H,21,22)(H,23,24). The van der Waals surface area contributed by atoms with Crippen LogP contribution in [-0.2, 0) is 4.79 Å². The van der Waals surface area contributed by atoms with Crippen LogP contribution in [0.4, 0.5) is 5.69 Å². The molecule has 0 heterocycles. The van der Waals surface area contributed by atoms with Gasteiger partial charge in [-0.15, -0.1) is 0 Å². The molecule has 1 aromatic carbocycles. The lowest BCUT2D eigenvalue weighted by atomic mass is 10.1. The maximum atomic E-state index is 11.9. The van der Waals surface area contributed by atoms with Crippen molar-refractivity contribution in [1.82, 2.24) is 0 Å². The molecule has 4 nitrogen and oxygen atoms in total. The van der Waals surface area contributed by atoms with Crippen LogP contribution in [0.1, 0.15) is 87.9 Å². The number of carbonyl (C=O) groups excluding carboxylic acids is 1. The van der Waals surface area contributed by atoms with Crippen molar-refractivity contribution in [3.63, 3.8) is 0 Å². The lowest BCUT2D eigenvalue weighted by Crippen LogP contribution is -2.14. The number of benzene rings is 1. The zero-order valence-corrected chi connectivity index (χ0v) is 14.9. The number of hydrogen-bond donors (Lipinski definition) is 2. The summed E-state index contributed by atoms with van der Waals surface area (Å²) < 4.78 is 0. The molecular weight excluding hydrogens is 302 g/mol. The van der Waals surface area contributed by atoms with Gasteiger partial charge in [0.05, 0.1) is 11.3 Å².